The van der Waals surface area contributed by atoms with Crippen LogP contribution in [-0.2, 0) is 24.8 Å². The van der Waals surface area contributed by atoms with Crippen LogP contribution in [0.15, 0.2) is 0 Å². The lowest BCUT2D eigenvalue weighted by Gasteiger charge is -2.19. The zero-order valence-electron chi connectivity index (χ0n) is 11.2. The van der Waals surface area contributed by atoms with Crippen LogP contribution in [0.1, 0.15) is 50.1 Å². The molecule has 0 atom stereocenters. The molecule has 1 aliphatic rings. The first-order chi connectivity index (χ1) is 8.00. The van der Waals surface area contributed by atoms with Crippen molar-refractivity contribution in [3.05, 3.63) is 17.0 Å². The van der Waals surface area contributed by atoms with Gasteiger partial charge in [0.25, 0.3) is 0 Å². The van der Waals surface area contributed by atoms with Crippen molar-refractivity contribution in [1.29, 1.82) is 0 Å². The largest absolute Gasteiger partial charge is 0.338 e. The summed E-state index contributed by atoms with van der Waals surface area (Å²) in [6.45, 7) is 7.56. The monoisotopic (exact) mass is 235 g/mol. The molecular formula is C13H21N3O. The molecule has 1 aromatic rings. The molecule has 0 saturated heterocycles. The molecule has 1 aromatic heterocycles. The molecule has 0 spiro atoms. The van der Waals surface area contributed by atoms with E-state index in [9.17, 15) is 4.79 Å². The highest BCUT2D eigenvalue weighted by molar-refractivity contribution is 5.73. The summed E-state index contributed by atoms with van der Waals surface area (Å²) in [6.07, 6.45) is 2.05. The van der Waals surface area contributed by atoms with Gasteiger partial charge < -0.3 is 4.90 Å². The zero-order chi connectivity index (χ0) is 12.6. The SMILES string of the molecule is CC(=O)N1CCCc2c(c(C(C)C)nn2C)C1. The predicted molar refractivity (Wildman–Crippen MR) is 66.7 cm³/mol. The fourth-order valence-corrected chi connectivity index (χ4v) is 2.55. The Morgan fingerprint density at radius 1 is 1.41 bits per heavy atom. The number of aryl methyl sites for hydroxylation is 1. The number of hydrogen-bond donors (Lipinski definition) is 0. The van der Waals surface area contributed by atoms with Crippen molar-refractivity contribution < 1.29 is 4.79 Å². The van der Waals surface area contributed by atoms with Crippen LogP contribution in [0.4, 0.5) is 0 Å². The molecule has 0 unspecified atom stereocenters. The summed E-state index contributed by atoms with van der Waals surface area (Å²) in [7, 11) is 2.01. The lowest BCUT2D eigenvalue weighted by Crippen LogP contribution is -2.28. The molecule has 0 bridgehead atoms. The van der Waals surface area contributed by atoms with Crippen molar-refractivity contribution in [2.75, 3.05) is 6.54 Å². The number of fused-ring (bicyclic) bond motifs is 1. The number of rotatable bonds is 1. The topological polar surface area (TPSA) is 38.1 Å². The van der Waals surface area contributed by atoms with E-state index in [4.69, 9.17) is 0 Å². The van der Waals surface area contributed by atoms with Crippen molar-refractivity contribution in [3.8, 4) is 0 Å². The summed E-state index contributed by atoms with van der Waals surface area (Å²) in [5.41, 5.74) is 3.73. The van der Waals surface area contributed by atoms with Crippen LogP contribution in [0, 0.1) is 0 Å². The van der Waals surface area contributed by atoms with Gasteiger partial charge in [-0.2, -0.15) is 5.10 Å². The Bertz CT molecular complexity index is 434. The summed E-state index contributed by atoms with van der Waals surface area (Å²) < 4.78 is 1.99. The molecule has 0 aliphatic carbocycles. The molecule has 0 saturated carbocycles. The number of carbonyl (C=O) groups is 1. The highest BCUT2D eigenvalue weighted by atomic mass is 16.2. The fraction of sp³-hybridized carbons (Fsp3) is 0.692. The van der Waals surface area contributed by atoms with E-state index >= 15 is 0 Å². The van der Waals surface area contributed by atoms with Gasteiger partial charge in [-0.15, -0.1) is 0 Å². The second-order valence-corrected chi connectivity index (χ2v) is 5.13. The van der Waals surface area contributed by atoms with Crippen molar-refractivity contribution >= 4 is 5.91 Å². The number of aromatic nitrogens is 2. The van der Waals surface area contributed by atoms with Crippen molar-refractivity contribution in [1.82, 2.24) is 14.7 Å². The molecule has 4 nitrogen and oxygen atoms in total. The number of nitrogens with zero attached hydrogens (tertiary/aromatic N) is 3. The molecule has 17 heavy (non-hydrogen) atoms. The molecule has 4 heteroatoms. The Morgan fingerprint density at radius 2 is 2.12 bits per heavy atom. The van der Waals surface area contributed by atoms with Crippen LogP contribution < -0.4 is 0 Å². The van der Waals surface area contributed by atoms with Crippen molar-refractivity contribution in [3.63, 3.8) is 0 Å². The van der Waals surface area contributed by atoms with E-state index in [1.165, 1.54) is 11.3 Å². The lowest BCUT2D eigenvalue weighted by atomic mass is 10.0. The first kappa shape index (κ1) is 12.1. The molecule has 0 aromatic carbocycles. The minimum absolute atomic E-state index is 0.163. The summed E-state index contributed by atoms with van der Waals surface area (Å²) in [5, 5.41) is 4.61. The van der Waals surface area contributed by atoms with Crippen LogP contribution in [-0.4, -0.2) is 27.1 Å². The Labute approximate surface area is 103 Å². The fourth-order valence-electron chi connectivity index (χ4n) is 2.55. The highest BCUT2D eigenvalue weighted by Crippen LogP contribution is 2.26. The average molecular weight is 235 g/mol. The average Bonchev–Trinajstić information content (AvgIpc) is 2.47. The second kappa shape index (κ2) is 4.51. The number of carbonyl (C=O) groups excluding carboxylic acids is 1. The predicted octanol–water partition coefficient (Wildman–Crippen LogP) is 1.84. The van der Waals surface area contributed by atoms with Crippen LogP contribution >= 0.6 is 0 Å². The van der Waals surface area contributed by atoms with E-state index in [2.05, 4.69) is 18.9 Å². The maximum absolute atomic E-state index is 11.5. The molecular weight excluding hydrogens is 214 g/mol. The van der Waals surface area contributed by atoms with E-state index in [1.54, 1.807) is 6.92 Å². The van der Waals surface area contributed by atoms with Crippen LogP contribution in [0.5, 0.6) is 0 Å². The Balaban J connectivity index is 2.41. The maximum atomic E-state index is 11.5. The summed E-state index contributed by atoms with van der Waals surface area (Å²) in [4.78, 5) is 13.5. The number of hydrogen-bond acceptors (Lipinski definition) is 2. The quantitative estimate of drug-likeness (QED) is 0.745. The number of amides is 1. The van der Waals surface area contributed by atoms with Gasteiger partial charge in [0.2, 0.25) is 5.91 Å². The minimum Gasteiger partial charge on any atom is -0.338 e. The molecule has 94 valence electrons. The Hall–Kier alpha value is -1.32. The van der Waals surface area contributed by atoms with Gasteiger partial charge in [0, 0.05) is 38.3 Å². The molecule has 0 fully saturated rings. The van der Waals surface area contributed by atoms with E-state index < -0.39 is 0 Å². The lowest BCUT2D eigenvalue weighted by molar-refractivity contribution is -0.129. The van der Waals surface area contributed by atoms with E-state index in [0.29, 0.717) is 5.92 Å². The van der Waals surface area contributed by atoms with Gasteiger partial charge in [-0.25, -0.2) is 0 Å². The van der Waals surface area contributed by atoms with E-state index in [1.807, 2.05) is 16.6 Å². The van der Waals surface area contributed by atoms with E-state index in [-0.39, 0.29) is 5.91 Å². The molecule has 2 rings (SSSR count). The van der Waals surface area contributed by atoms with Gasteiger partial charge in [0.1, 0.15) is 0 Å². The van der Waals surface area contributed by atoms with Gasteiger partial charge in [-0.1, -0.05) is 13.8 Å². The molecule has 0 radical (unpaired) electrons. The third-order valence-corrected chi connectivity index (χ3v) is 3.49. The van der Waals surface area contributed by atoms with E-state index in [0.717, 1.165) is 31.6 Å². The summed E-state index contributed by atoms with van der Waals surface area (Å²) in [6, 6.07) is 0. The van der Waals surface area contributed by atoms with Crippen LogP contribution in [0.2, 0.25) is 0 Å². The van der Waals surface area contributed by atoms with Crippen molar-refractivity contribution in [2.45, 2.75) is 46.1 Å². The molecule has 1 aliphatic heterocycles. The summed E-state index contributed by atoms with van der Waals surface area (Å²) in [5.74, 6) is 0.577. The van der Waals surface area contributed by atoms with Crippen LogP contribution in [0.25, 0.3) is 0 Å². The summed E-state index contributed by atoms with van der Waals surface area (Å²) >= 11 is 0. The first-order valence-corrected chi connectivity index (χ1v) is 6.31. The highest BCUT2D eigenvalue weighted by Gasteiger charge is 2.24. The van der Waals surface area contributed by atoms with Gasteiger partial charge >= 0.3 is 0 Å². The normalized spacial score (nSPS) is 15.9. The first-order valence-electron chi connectivity index (χ1n) is 6.31. The van der Waals surface area contributed by atoms with Crippen molar-refractivity contribution in [2.24, 2.45) is 7.05 Å². The van der Waals surface area contributed by atoms with Gasteiger partial charge in [0.05, 0.1) is 5.69 Å². The second-order valence-electron chi connectivity index (χ2n) is 5.13. The minimum atomic E-state index is 0.163. The standard InChI is InChI=1S/C13H21N3O/c1-9(2)13-11-8-16(10(3)17)7-5-6-12(11)15(4)14-13/h9H,5-8H2,1-4H3. The zero-order valence-corrected chi connectivity index (χ0v) is 11.2. The Kier molecular flexibility index (Phi) is 3.22. The van der Waals surface area contributed by atoms with Gasteiger partial charge in [-0.05, 0) is 18.8 Å². The maximum Gasteiger partial charge on any atom is 0.219 e. The smallest absolute Gasteiger partial charge is 0.219 e. The Morgan fingerprint density at radius 3 is 2.71 bits per heavy atom. The third kappa shape index (κ3) is 2.21. The van der Waals surface area contributed by atoms with Gasteiger partial charge in [-0.3, -0.25) is 9.48 Å². The van der Waals surface area contributed by atoms with Crippen LogP contribution in [0.3, 0.4) is 0 Å². The van der Waals surface area contributed by atoms with Gasteiger partial charge in [0.15, 0.2) is 0 Å². The molecule has 2 heterocycles. The third-order valence-electron chi connectivity index (χ3n) is 3.49. The molecule has 1 amide bonds. The molecule has 0 N–H and O–H groups in total.